The first-order chi connectivity index (χ1) is 7.89. The van der Waals surface area contributed by atoms with Crippen LogP contribution < -0.4 is 0 Å². The van der Waals surface area contributed by atoms with E-state index in [-0.39, 0.29) is 5.16 Å². The largest absolute Gasteiger partial charge is 0.300 e. The SMILES string of the molecule is Cc1cccc(-c2nnc(S(=O)(=O)Cl)n2C)c1. The summed E-state index contributed by atoms with van der Waals surface area (Å²) in [5.41, 5.74) is 1.85. The molecule has 7 heteroatoms. The molecule has 0 aliphatic carbocycles. The van der Waals surface area contributed by atoms with Crippen LogP contribution in [0.25, 0.3) is 11.4 Å². The number of rotatable bonds is 2. The molecule has 0 spiro atoms. The van der Waals surface area contributed by atoms with E-state index in [4.69, 9.17) is 10.7 Å². The van der Waals surface area contributed by atoms with Crippen LogP contribution in [0.15, 0.2) is 29.4 Å². The van der Waals surface area contributed by atoms with Gasteiger partial charge in [0.25, 0.3) is 14.2 Å². The lowest BCUT2D eigenvalue weighted by Gasteiger charge is -2.02. The van der Waals surface area contributed by atoms with Crippen molar-refractivity contribution in [1.82, 2.24) is 14.8 Å². The first-order valence-corrected chi connectivity index (χ1v) is 7.11. The molecule has 0 fully saturated rings. The molecule has 0 aliphatic heterocycles. The van der Waals surface area contributed by atoms with Crippen LogP contribution in [0.3, 0.4) is 0 Å². The highest BCUT2D eigenvalue weighted by atomic mass is 35.7. The quantitative estimate of drug-likeness (QED) is 0.780. The normalized spacial score (nSPS) is 11.7. The Labute approximate surface area is 103 Å². The van der Waals surface area contributed by atoms with Crippen LogP contribution in [0.1, 0.15) is 5.56 Å². The van der Waals surface area contributed by atoms with Gasteiger partial charge < -0.3 is 0 Å². The van der Waals surface area contributed by atoms with Crippen LogP contribution in [0.5, 0.6) is 0 Å². The highest BCUT2D eigenvalue weighted by Gasteiger charge is 2.20. The van der Waals surface area contributed by atoms with Gasteiger partial charge in [0.15, 0.2) is 5.82 Å². The van der Waals surface area contributed by atoms with E-state index in [2.05, 4.69) is 10.2 Å². The van der Waals surface area contributed by atoms with Crippen LogP contribution in [-0.4, -0.2) is 23.2 Å². The minimum atomic E-state index is -3.87. The fraction of sp³-hybridized carbons (Fsp3) is 0.200. The van der Waals surface area contributed by atoms with Crippen molar-refractivity contribution in [2.45, 2.75) is 12.1 Å². The van der Waals surface area contributed by atoms with Crippen molar-refractivity contribution in [2.24, 2.45) is 7.05 Å². The van der Waals surface area contributed by atoms with E-state index in [1.165, 1.54) is 4.57 Å². The average molecular weight is 272 g/mol. The van der Waals surface area contributed by atoms with Crippen molar-refractivity contribution in [1.29, 1.82) is 0 Å². The zero-order chi connectivity index (χ0) is 12.6. The highest BCUT2D eigenvalue weighted by Crippen LogP contribution is 2.21. The summed E-state index contributed by atoms with van der Waals surface area (Å²) in [6.07, 6.45) is 0. The lowest BCUT2D eigenvalue weighted by atomic mass is 10.1. The summed E-state index contributed by atoms with van der Waals surface area (Å²) in [7, 11) is 2.94. The van der Waals surface area contributed by atoms with Crippen LogP contribution in [0.4, 0.5) is 0 Å². The molecular formula is C10H10ClN3O2S. The van der Waals surface area contributed by atoms with Crippen molar-refractivity contribution < 1.29 is 8.42 Å². The number of hydrogen-bond acceptors (Lipinski definition) is 4. The van der Waals surface area contributed by atoms with Crippen molar-refractivity contribution in [2.75, 3.05) is 0 Å². The summed E-state index contributed by atoms with van der Waals surface area (Å²) in [5, 5.41) is 7.17. The molecule has 0 unspecified atom stereocenters. The van der Waals surface area contributed by atoms with E-state index in [1.54, 1.807) is 7.05 Å². The minimum Gasteiger partial charge on any atom is -0.300 e. The van der Waals surface area contributed by atoms with Gasteiger partial charge in [0.2, 0.25) is 0 Å². The molecule has 0 saturated carbocycles. The predicted octanol–water partition coefficient (Wildman–Crippen LogP) is 1.72. The second kappa shape index (κ2) is 4.12. The molecule has 1 aromatic heterocycles. The van der Waals surface area contributed by atoms with Crippen molar-refractivity contribution in [3.05, 3.63) is 29.8 Å². The smallest absolute Gasteiger partial charge is 0.296 e. The molecule has 0 amide bonds. The fourth-order valence-corrected chi connectivity index (χ4v) is 2.52. The Hall–Kier alpha value is -1.40. The summed E-state index contributed by atoms with van der Waals surface area (Å²) >= 11 is 0. The van der Waals surface area contributed by atoms with Gasteiger partial charge in [-0.1, -0.05) is 23.8 Å². The van der Waals surface area contributed by atoms with Gasteiger partial charge >= 0.3 is 0 Å². The van der Waals surface area contributed by atoms with E-state index in [9.17, 15) is 8.42 Å². The lowest BCUT2D eigenvalue weighted by molar-refractivity contribution is 0.593. The summed E-state index contributed by atoms with van der Waals surface area (Å²) in [6, 6.07) is 7.55. The number of aryl methyl sites for hydroxylation is 1. The van der Waals surface area contributed by atoms with Gasteiger partial charge in [-0.3, -0.25) is 4.57 Å². The summed E-state index contributed by atoms with van der Waals surface area (Å²) in [4.78, 5) is 0. The molecule has 0 atom stereocenters. The third kappa shape index (κ3) is 2.32. The zero-order valence-electron chi connectivity index (χ0n) is 9.25. The Bertz CT molecular complexity index is 664. The molecule has 90 valence electrons. The molecule has 0 radical (unpaired) electrons. The second-order valence-electron chi connectivity index (χ2n) is 3.67. The maximum absolute atomic E-state index is 11.2. The summed E-state index contributed by atoms with van der Waals surface area (Å²) in [5.74, 6) is 0.466. The molecule has 17 heavy (non-hydrogen) atoms. The monoisotopic (exact) mass is 271 g/mol. The van der Waals surface area contributed by atoms with Gasteiger partial charge in [0.05, 0.1) is 0 Å². The Morgan fingerprint density at radius 2 is 2.00 bits per heavy atom. The van der Waals surface area contributed by atoms with E-state index < -0.39 is 9.05 Å². The summed E-state index contributed by atoms with van der Waals surface area (Å²) < 4.78 is 23.8. The molecule has 0 bridgehead atoms. The molecule has 0 aliphatic rings. The van der Waals surface area contributed by atoms with Crippen LogP contribution in [0, 0.1) is 6.92 Å². The molecule has 0 saturated heterocycles. The van der Waals surface area contributed by atoms with Crippen molar-refractivity contribution in [3.63, 3.8) is 0 Å². The first-order valence-electron chi connectivity index (χ1n) is 4.80. The Morgan fingerprint density at radius 3 is 2.53 bits per heavy atom. The maximum atomic E-state index is 11.2. The standard InChI is InChI=1S/C10H10ClN3O2S/c1-7-4-3-5-8(6-7)9-12-13-10(14(9)2)17(11,15)16/h3-6H,1-2H3. The van der Waals surface area contributed by atoms with Gasteiger partial charge in [-0.2, -0.15) is 0 Å². The number of hydrogen-bond donors (Lipinski definition) is 0. The number of halogens is 1. The maximum Gasteiger partial charge on any atom is 0.296 e. The average Bonchev–Trinajstić information content (AvgIpc) is 2.59. The Kier molecular flexibility index (Phi) is 2.92. The van der Waals surface area contributed by atoms with Gasteiger partial charge in [-0.25, -0.2) is 8.42 Å². The predicted molar refractivity (Wildman–Crippen MR) is 64.2 cm³/mol. The van der Waals surface area contributed by atoms with Gasteiger partial charge in [-0.15, -0.1) is 10.2 Å². The summed E-state index contributed by atoms with van der Waals surface area (Å²) in [6.45, 7) is 1.94. The highest BCUT2D eigenvalue weighted by molar-refractivity contribution is 8.13. The van der Waals surface area contributed by atoms with Crippen LogP contribution >= 0.6 is 10.7 Å². The lowest BCUT2D eigenvalue weighted by Crippen LogP contribution is -2.02. The van der Waals surface area contributed by atoms with E-state index >= 15 is 0 Å². The minimum absolute atomic E-state index is 0.254. The number of nitrogens with zero attached hydrogens (tertiary/aromatic N) is 3. The van der Waals surface area contributed by atoms with Gasteiger partial charge in [-0.05, 0) is 13.0 Å². The van der Waals surface area contributed by atoms with E-state index in [1.807, 2.05) is 31.2 Å². The van der Waals surface area contributed by atoms with Crippen molar-refractivity contribution >= 4 is 19.7 Å². The molecule has 2 rings (SSSR count). The molecule has 0 N–H and O–H groups in total. The molecular weight excluding hydrogens is 262 g/mol. The number of aromatic nitrogens is 3. The fourth-order valence-electron chi connectivity index (χ4n) is 1.56. The van der Waals surface area contributed by atoms with E-state index in [0.29, 0.717) is 5.82 Å². The molecule has 5 nitrogen and oxygen atoms in total. The van der Waals surface area contributed by atoms with Crippen LogP contribution in [0.2, 0.25) is 0 Å². The third-order valence-corrected chi connectivity index (χ3v) is 3.53. The first kappa shape index (κ1) is 12.1. The van der Waals surface area contributed by atoms with Crippen molar-refractivity contribution in [3.8, 4) is 11.4 Å². The van der Waals surface area contributed by atoms with Crippen LogP contribution in [-0.2, 0) is 16.1 Å². The van der Waals surface area contributed by atoms with E-state index in [0.717, 1.165) is 11.1 Å². The Balaban J connectivity index is 2.60. The van der Waals surface area contributed by atoms with Gasteiger partial charge in [0, 0.05) is 23.3 Å². The zero-order valence-corrected chi connectivity index (χ0v) is 10.8. The second-order valence-corrected chi connectivity index (χ2v) is 6.13. The number of benzene rings is 1. The molecule has 1 aromatic carbocycles. The Morgan fingerprint density at radius 1 is 1.29 bits per heavy atom. The topological polar surface area (TPSA) is 64.8 Å². The van der Waals surface area contributed by atoms with Gasteiger partial charge in [0.1, 0.15) is 0 Å². The molecule has 2 aromatic rings. The third-order valence-electron chi connectivity index (χ3n) is 2.33. The molecule has 1 heterocycles.